The lowest BCUT2D eigenvalue weighted by Gasteiger charge is -2.28. The number of nitrogens with zero attached hydrogens (tertiary/aromatic N) is 3. The SMILES string of the molecule is CC(C(=O)N1CCCN(CC(=O)N2CCCC2)CC1)C(N)c1ccccc1.Cl.Cl. The van der Waals surface area contributed by atoms with E-state index in [0.717, 1.165) is 57.5 Å². The van der Waals surface area contributed by atoms with Gasteiger partial charge in [-0.15, -0.1) is 24.8 Å². The standard InChI is InChI=1S/C21H32N4O2.2ClH/c1-17(20(22)18-8-3-2-4-9-18)21(27)25-13-7-10-23(14-15-25)16-19(26)24-11-5-6-12-24;;/h2-4,8-9,17,20H,5-7,10-16,22H2,1H3;2*1H. The van der Waals surface area contributed by atoms with E-state index in [1.165, 1.54) is 0 Å². The Morgan fingerprint density at radius 1 is 0.897 bits per heavy atom. The van der Waals surface area contributed by atoms with Crippen molar-refractivity contribution in [1.29, 1.82) is 0 Å². The molecule has 2 fully saturated rings. The zero-order chi connectivity index (χ0) is 19.2. The summed E-state index contributed by atoms with van der Waals surface area (Å²) >= 11 is 0. The molecule has 2 atom stereocenters. The first-order valence-electron chi connectivity index (χ1n) is 10.2. The van der Waals surface area contributed by atoms with Gasteiger partial charge in [0.2, 0.25) is 11.8 Å². The molecule has 2 heterocycles. The van der Waals surface area contributed by atoms with E-state index in [9.17, 15) is 9.59 Å². The molecule has 2 saturated heterocycles. The Balaban J connectivity index is 0.00000210. The van der Waals surface area contributed by atoms with Gasteiger partial charge >= 0.3 is 0 Å². The number of benzene rings is 1. The van der Waals surface area contributed by atoms with E-state index in [-0.39, 0.29) is 48.6 Å². The maximum atomic E-state index is 13.0. The second-order valence-electron chi connectivity index (χ2n) is 7.77. The minimum Gasteiger partial charge on any atom is -0.342 e. The second kappa shape index (κ2) is 12.4. The molecule has 0 bridgehead atoms. The average Bonchev–Trinajstić information content (AvgIpc) is 3.14. The van der Waals surface area contributed by atoms with Crippen LogP contribution < -0.4 is 5.73 Å². The molecule has 0 spiro atoms. The Morgan fingerprint density at radius 3 is 2.17 bits per heavy atom. The molecule has 8 heteroatoms. The van der Waals surface area contributed by atoms with Gasteiger partial charge in [-0.2, -0.15) is 0 Å². The van der Waals surface area contributed by atoms with Gasteiger partial charge in [0.25, 0.3) is 0 Å². The molecule has 0 radical (unpaired) electrons. The van der Waals surface area contributed by atoms with Crippen LogP contribution in [-0.4, -0.2) is 72.3 Å². The fraction of sp³-hybridized carbons (Fsp3) is 0.619. The molecular weight excluding hydrogens is 411 g/mol. The molecule has 2 unspecified atom stereocenters. The molecule has 0 aliphatic carbocycles. The number of halogens is 2. The normalized spacial score (nSPS) is 19.5. The number of nitrogens with two attached hydrogens (primary N) is 1. The summed E-state index contributed by atoms with van der Waals surface area (Å²) in [5, 5.41) is 0. The van der Waals surface area contributed by atoms with E-state index < -0.39 is 0 Å². The molecule has 0 saturated carbocycles. The first-order chi connectivity index (χ1) is 13.1. The van der Waals surface area contributed by atoms with Crippen LogP contribution in [-0.2, 0) is 9.59 Å². The summed E-state index contributed by atoms with van der Waals surface area (Å²) < 4.78 is 0. The average molecular weight is 445 g/mol. The summed E-state index contributed by atoms with van der Waals surface area (Å²) in [6.45, 7) is 7.19. The van der Waals surface area contributed by atoms with Crippen LogP contribution in [0.15, 0.2) is 30.3 Å². The van der Waals surface area contributed by atoms with Crippen LogP contribution in [0.25, 0.3) is 0 Å². The van der Waals surface area contributed by atoms with Crippen LogP contribution in [0.4, 0.5) is 0 Å². The van der Waals surface area contributed by atoms with Gasteiger partial charge in [0, 0.05) is 45.3 Å². The number of amides is 2. The van der Waals surface area contributed by atoms with Crippen LogP contribution in [0.3, 0.4) is 0 Å². The fourth-order valence-electron chi connectivity index (χ4n) is 4.01. The lowest BCUT2D eigenvalue weighted by atomic mass is 9.94. The lowest BCUT2D eigenvalue weighted by molar-refractivity contribution is -0.135. The van der Waals surface area contributed by atoms with Crippen LogP contribution >= 0.6 is 24.8 Å². The van der Waals surface area contributed by atoms with E-state index in [1.54, 1.807) is 0 Å². The summed E-state index contributed by atoms with van der Waals surface area (Å²) in [5.74, 6) is 0.0796. The molecule has 2 N–H and O–H groups in total. The molecule has 164 valence electrons. The summed E-state index contributed by atoms with van der Waals surface area (Å²) in [7, 11) is 0. The van der Waals surface area contributed by atoms with Crippen molar-refractivity contribution in [2.24, 2.45) is 11.7 Å². The predicted molar refractivity (Wildman–Crippen MR) is 120 cm³/mol. The van der Waals surface area contributed by atoms with Gasteiger partial charge in [-0.3, -0.25) is 14.5 Å². The maximum Gasteiger partial charge on any atom is 0.236 e. The highest BCUT2D eigenvalue weighted by Crippen LogP contribution is 2.21. The Bertz CT molecular complexity index is 641. The van der Waals surface area contributed by atoms with E-state index in [0.29, 0.717) is 13.1 Å². The minimum absolute atomic E-state index is 0. The first kappa shape index (κ1) is 25.7. The Kier molecular flexibility index (Phi) is 11.0. The number of hydrogen-bond donors (Lipinski definition) is 1. The quantitative estimate of drug-likeness (QED) is 0.756. The number of carbonyl (C=O) groups is 2. The van der Waals surface area contributed by atoms with Gasteiger partial charge in [0.15, 0.2) is 0 Å². The highest BCUT2D eigenvalue weighted by molar-refractivity contribution is 5.85. The van der Waals surface area contributed by atoms with Gasteiger partial charge < -0.3 is 15.5 Å². The third kappa shape index (κ3) is 6.85. The number of hydrogen-bond acceptors (Lipinski definition) is 4. The molecule has 29 heavy (non-hydrogen) atoms. The van der Waals surface area contributed by atoms with Gasteiger partial charge in [0.05, 0.1) is 12.5 Å². The maximum absolute atomic E-state index is 13.0. The summed E-state index contributed by atoms with van der Waals surface area (Å²) in [6, 6.07) is 9.51. The molecular formula is C21H34Cl2N4O2. The smallest absolute Gasteiger partial charge is 0.236 e. The summed E-state index contributed by atoms with van der Waals surface area (Å²) in [6.07, 6.45) is 3.13. The van der Waals surface area contributed by atoms with Crippen LogP contribution in [0.2, 0.25) is 0 Å². The first-order valence-corrected chi connectivity index (χ1v) is 10.2. The molecule has 2 aliphatic rings. The van der Waals surface area contributed by atoms with Crippen LogP contribution in [0, 0.1) is 5.92 Å². The second-order valence-corrected chi connectivity index (χ2v) is 7.77. The number of carbonyl (C=O) groups excluding carboxylic acids is 2. The van der Waals surface area contributed by atoms with E-state index in [4.69, 9.17) is 5.73 Å². The van der Waals surface area contributed by atoms with Gasteiger partial charge in [-0.1, -0.05) is 37.3 Å². The third-order valence-corrected chi connectivity index (χ3v) is 5.83. The van der Waals surface area contributed by atoms with Crippen molar-refractivity contribution in [3.05, 3.63) is 35.9 Å². The van der Waals surface area contributed by atoms with Gasteiger partial charge in [0.1, 0.15) is 0 Å². The van der Waals surface area contributed by atoms with Crippen molar-refractivity contribution in [2.45, 2.75) is 32.2 Å². The van der Waals surface area contributed by atoms with Crippen molar-refractivity contribution in [1.82, 2.24) is 14.7 Å². The molecule has 1 aromatic rings. The summed E-state index contributed by atoms with van der Waals surface area (Å²) in [5.41, 5.74) is 7.33. The largest absolute Gasteiger partial charge is 0.342 e. The highest BCUT2D eigenvalue weighted by atomic mass is 35.5. The van der Waals surface area contributed by atoms with Crippen molar-refractivity contribution in [3.63, 3.8) is 0 Å². The van der Waals surface area contributed by atoms with E-state index in [2.05, 4.69) is 4.90 Å². The molecule has 0 aromatic heterocycles. The number of rotatable bonds is 5. The highest BCUT2D eigenvalue weighted by Gasteiger charge is 2.29. The van der Waals surface area contributed by atoms with Crippen molar-refractivity contribution in [3.8, 4) is 0 Å². The Hall–Kier alpha value is -1.34. The van der Waals surface area contributed by atoms with Crippen molar-refractivity contribution >= 4 is 36.6 Å². The third-order valence-electron chi connectivity index (χ3n) is 5.83. The van der Waals surface area contributed by atoms with Crippen molar-refractivity contribution < 1.29 is 9.59 Å². The van der Waals surface area contributed by atoms with E-state index in [1.807, 2.05) is 47.1 Å². The van der Waals surface area contributed by atoms with Gasteiger partial charge in [-0.25, -0.2) is 0 Å². The molecule has 2 aliphatic heterocycles. The topological polar surface area (TPSA) is 69.9 Å². The molecule has 3 rings (SSSR count). The number of likely N-dealkylation sites (tertiary alicyclic amines) is 1. The molecule has 2 amide bonds. The fourth-order valence-corrected chi connectivity index (χ4v) is 4.01. The Labute approximate surface area is 186 Å². The van der Waals surface area contributed by atoms with E-state index >= 15 is 0 Å². The zero-order valence-electron chi connectivity index (χ0n) is 17.2. The van der Waals surface area contributed by atoms with Crippen LogP contribution in [0.1, 0.15) is 37.8 Å². The minimum atomic E-state index is -0.296. The van der Waals surface area contributed by atoms with Gasteiger partial charge in [-0.05, 0) is 24.8 Å². The zero-order valence-corrected chi connectivity index (χ0v) is 18.8. The van der Waals surface area contributed by atoms with Crippen LogP contribution in [0.5, 0.6) is 0 Å². The lowest BCUT2D eigenvalue weighted by Crippen LogP contribution is -2.43. The molecule has 6 nitrogen and oxygen atoms in total. The predicted octanol–water partition coefficient (Wildman–Crippen LogP) is 2.32. The summed E-state index contributed by atoms with van der Waals surface area (Å²) in [4.78, 5) is 31.4. The Morgan fingerprint density at radius 2 is 1.52 bits per heavy atom. The van der Waals surface area contributed by atoms with Crippen molar-refractivity contribution in [2.75, 3.05) is 45.8 Å². The monoisotopic (exact) mass is 444 g/mol. The molecule has 1 aromatic carbocycles.